The molecule has 1 aromatic carbocycles. The van der Waals surface area contributed by atoms with Crippen LogP contribution in [-0.4, -0.2) is 30.5 Å². The van der Waals surface area contributed by atoms with Crippen LogP contribution in [0.15, 0.2) is 18.2 Å². The quantitative estimate of drug-likeness (QED) is 0.910. The van der Waals surface area contributed by atoms with E-state index in [1.807, 2.05) is 25.1 Å². The van der Waals surface area contributed by atoms with E-state index in [4.69, 9.17) is 21.1 Å². The number of aliphatic hydroxyl groups excluding tert-OH is 1. The number of hydrogen-bond donors (Lipinski definition) is 1. The summed E-state index contributed by atoms with van der Waals surface area (Å²) in [5.74, 6) is 0.211. The first kappa shape index (κ1) is 14.3. The van der Waals surface area contributed by atoms with Gasteiger partial charge in [-0.1, -0.05) is 17.7 Å². The fourth-order valence-electron chi connectivity index (χ4n) is 3.41. The molecule has 3 rings (SSSR count). The number of hydrogen-bond acceptors (Lipinski definition) is 3. The van der Waals surface area contributed by atoms with Gasteiger partial charge in [0.1, 0.15) is 0 Å². The molecule has 1 aromatic rings. The van der Waals surface area contributed by atoms with Crippen LogP contribution in [0.1, 0.15) is 36.5 Å². The van der Waals surface area contributed by atoms with E-state index >= 15 is 0 Å². The molecule has 0 radical (unpaired) electrons. The lowest BCUT2D eigenvalue weighted by molar-refractivity contribution is -0.117. The summed E-state index contributed by atoms with van der Waals surface area (Å²) in [6, 6.07) is 5.80. The van der Waals surface area contributed by atoms with Crippen LogP contribution in [0, 0.1) is 12.8 Å². The second-order valence-electron chi connectivity index (χ2n) is 6.09. The van der Waals surface area contributed by atoms with E-state index in [1.165, 1.54) is 0 Å². The van der Waals surface area contributed by atoms with Gasteiger partial charge in [0.05, 0.1) is 18.3 Å². The number of rotatable bonds is 2. The van der Waals surface area contributed by atoms with E-state index in [9.17, 15) is 5.11 Å². The Morgan fingerprint density at radius 2 is 2.20 bits per heavy atom. The first-order valence-electron chi connectivity index (χ1n) is 7.25. The van der Waals surface area contributed by atoms with Crippen molar-refractivity contribution in [2.45, 2.75) is 37.9 Å². The Balaban J connectivity index is 1.77. The van der Waals surface area contributed by atoms with Crippen LogP contribution in [-0.2, 0) is 9.47 Å². The second kappa shape index (κ2) is 5.64. The van der Waals surface area contributed by atoms with E-state index in [2.05, 4.69) is 0 Å². The molecule has 3 atom stereocenters. The maximum Gasteiger partial charge on any atom is 0.0940 e. The fraction of sp³-hybridized carbons (Fsp3) is 0.625. The Morgan fingerprint density at radius 3 is 2.90 bits per heavy atom. The lowest BCUT2D eigenvalue weighted by Crippen LogP contribution is -2.41. The van der Waals surface area contributed by atoms with Crippen molar-refractivity contribution in [3.63, 3.8) is 0 Å². The molecule has 1 N–H and O–H groups in total. The molecule has 2 heterocycles. The highest BCUT2D eigenvalue weighted by atomic mass is 35.5. The van der Waals surface area contributed by atoms with Crippen molar-refractivity contribution in [3.05, 3.63) is 34.3 Å². The predicted octanol–water partition coefficient (Wildman–Crippen LogP) is 3.27. The van der Waals surface area contributed by atoms with Gasteiger partial charge in [-0.3, -0.25) is 0 Å². The van der Waals surface area contributed by atoms with Crippen molar-refractivity contribution in [2.75, 3.05) is 19.8 Å². The van der Waals surface area contributed by atoms with Gasteiger partial charge in [0, 0.05) is 24.7 Å². The smallest absolute Gasteiger partial charge is 0.0940 e. The summed E-state index contributed by atoms with van der Waals surface area (Å²) in [7, 11) is 0. The number of benzene rings is 1. The van der Waals surface area contributed by atoms with Crippen LogP contribution in [0.5, 0.6) is 0 Å². The van der Waals surface area contributed by atoms with Crippen molar-refractivity contribution in [1.29, 1.82) is 0 Å². The summed E-state index contributed by atoms with van der Waals surface area (Å²) in [5, 5.41) is 11.4. The van der Waals surface area contributed by atoms with Gasteiger partial charge in [-0.15, -0.1) is 0 Å². The summed E-state index contributed by atoms with van der Waals surface area (Å²) in [5.41, 5.74) is 1.82. The Kier molecular flexibility index (Phi) is 4.04. The van der Waals surface area contributed by atoms with E-state index in [0.29, 0.717) is 18.2 Å². The first-order valence-corrected chi connectivity index (χ1v) is 7.63. The third kappa shape index (κ3) is 2.86. The number of aryl methyl sites for hydroxylation is 1. The zero-order chi connectivity index (χ0) is 14.2. The van der Waals surface area contributed by atoms with E-state index in [0.717, 1.165) is 37.0 Å². The highest BCUT2D eigenvalue weighted by molar-refractivity contribution is 6.30. The molecular formula is C16H21ClO3. The molecule has 20 heavy (non-hydrogen) atoms. The summed E-state index contributed by atoms with van der Waals surface area (Å²) in [6.07, 6.45) is 2.20. The zero-order valence-corrected chi connectivity index (χ0v) is 12.5. The summed E-state index contributed by atoms with van der Waals surface area (Å²) in [4.78, 5) is 0. The predicted molar refractivity (Wildman–Crippen MR) is 78.0 cm³/mol. The minimum atomic E-state index is -0.478. The Morgan fingerprint density at radius 1 is 1.35 bits per heavy atom. The summed E-state index contributed by atoms with van der Waals surface area (Å²) >= 11 is 6.10. The molecule has 2 saturated heterocycles. The van der Waals surface area contributed by atoms with Crippen LogP contribution in [0.25, 0.3) is 0 Å². The van der Waals surface area contributed by atoms with Gasteiger partial charge in [0.2, 0.25) is 0 Å². The van der Waals surface area contributed by atoms with E-state index in [-0.39, 0.29) is 11.5 Å². The average molecular weight is 297 g/mol. The summed E-state index contributed by atoms with van der Waals surface area (Å²) in [6.45, 7) is 4.12. The molecule has 110 valence electrons. The van der Waals surface area contributed by atoms with Crippen LogP contribution in [0.4, 0.5) is 0 Å². The van der Waals surface area contributed by atoms with Crippen molar-refractivity contribution >= 4 is 11.6 Å². The number of halogens is 1. The van der Waals surface area contributed by atoms with E-state index in [1.54, 1.807) is 0 Å². The largest absolute Gasteiger partial charge is 0.388 e. The average Bonchev–Trinajstić information content (AvgIpc) is 2.85. The van der Waals surface area contributed by atoms with Gasteiger partial charge >= 0.3 is 0 Å². The van der Waals surface area contributed by atoms with Gasteiger partial charge in [0.25, 0.3) is 0 Å². The van der Waals surface area contributed by atoms with Crippen molar-refractivity contribution in [3.8, 4) is 0 Å². The van der Waals surface area contributed by atoms with E-state index < -0.39 is 6.10 Å². The SMILES string of the molecule is Cc1cc(Cl)cc(C(O)C2CCOC3(CCOC3)C2)c1. The standard InChI is InChI=1S/C16H21ClO3/c1-11-6-13(8-14(17)7-11)15(18)12-2-4-20-16(9-12)3-5-19-10-16/h6-8,12,15,18H,2-5,9-10H2,1H3. The molecule has 0 amide bonds. The minimum Gasteiger partial charge on any atom is -0.388 e. The molecule has 0 bridgehead atoms. The third-order valence-corrected chi connectivity index (χ3v) is 4.67. The number of aliphatic hydroxyl groups is 1. The minimum absolute atomic E-state index is 0.169. The maximum atomic E-state index is 10.7. The Hall–Kier alpha value is -0.610. The molecule has 2 aliphatic heterocycles. The zero-order valence-electron chi connectivity index (χ0n) is 11.8. The van der Waals surface area contributed by atoms with Gasteiger partial charge < -0.3 is 14.6 Å². The van der Waals surface area contributed by atoms with Crippen LogP contribution >= 0.6 is 11.6 Å². The molecule has 0 aromatic heterocycles. The highest BCUT2D eigenvalue weighted by Crippen LogP contribution is 2.41. The third-order valence-electron chi connectivity index (χ3n) is 4.45. The van der Waals surface area contributed by atoms with Gasteiger partial charge in [-0.25, -0.2) is 0 Å². The molecule has 3 unspecified atom stereocenters. The van der Waals surface area contributed by atoms with Crippen molar-refractivity contribution < 1.29 is 14.6 Å². The van der Waals surface area contributed by atoms with Crippen LogP contribution in [0.3, 0.4) is 0 Å². The normalized spacial score (nSPS) is 31.6. The molecule has 0 saturated carbocycles. The Labute approximate surface area is 124 Å². The lowest BCUT2D eigenvalue weighted by Gasteiger charge is -2.39. The first-order chi connectivity index (χ1) is 9.58. The molecule has 0 aliphatic carbocycles. The molecule has 4 heteroatoms. The molecular weight excluding hydrogens is 276 g/mol. The lowest BCUT2D eigenvalue weighted by atomic mass is 9.80. The van der Waals surface area contributed by atoms with Gasteiger partial charge in [-0.05, 0) is 48.9 Å². The van der Waals surface area contributed by atoms with Crippen LogP contribution in [0.2, 0.25) is 5.02 Å². The van der Waals surface area contributed by atoms with Crippen LogP contribution < -0.4 is 0 Å². The highest BCUT2D eigenvalue weighted by Gasteiger charge is 2.43. The second-order valence-corrected chi connectivity index (χ2v) is 6.53. The Bertz CT molecular complexity index is 462. The van der Waals surface area contributed by atoms with Crippen molar-refractivity contribution in [2.24, 2.45) is 5.92 Å². The molecule has 3 nitrogen and oxygen atoms in total. The van der Waals surface area contributed by atoms with Crippen molar-refractivity contribution in [1.82, 2.24) is 0 Å². The monoisotopic (exact) mass is 296 g/mol. The number of ether oxygens (including phenoxy) is 2. The topological polar surface area (TPSA) is 38.7 Å². The molecule has 2 fully saturated rings. The van der Waals surface area contributed by atoms with Gasteiger partial charge in [-0.2, -0.15) is 0 Å². The fourth-order valence-corrected chi connectivity index (χ4v) is 3.70. The maximum absolute atomic E-state index is 10.7. The molecule has 2 aliphatic rings. The summed E-state index contributed by atoms with van der Waals surface area (Å²) < 4.78 is 11.4. The van der Waals surface area contributed by atoms with Gasteiger partial charge in [0.15, 0.2) is 0 Å². The molecule has 1 spiro atoms.